The van der Waals surface area contributed by atoms with Crippen LogP contribution in [0, 0.1) is 12.3 Å². The summed E-state index contributed by atoms with van der Waals surface area (Å²) in [7, 11) is 0. The molecule has 1 aromatic heterocycles. The zero-order valence-electron chi connectivity index (χ0n) is 12.7. The molecular formula is C17H20BrN3. The Morgan fingerprint density at radius 1 is 1.33 bits per heavy atom. The molecule has 1 unspecified atom stereocenters. The quantitative estimate of drug-likeness (QED) is 0.842. The van der Waals surface area contributed by atoms with Gasteiger partial charge in [0.2, 0.25) is 0 Å². The molecule has 3 rings (SSSR count). The predicted molar refractivity (Wildman–Crippen MR) is 88.9 cm³/mol. The van der Waals surface area contributed by atoms with Crippen molar-refractivity contribution in [2.75, 3.05) is 0 Å². The summed E-state index contributed by atoms with van der Waals surface area (Å²) in [5.41, 5.74) is 10.9. The third-order valence-corrected chi connectivity index (χ3v) is 4.74. The summed E-state index contributed by atoms with van der Waals surface area (Å²) < 4.78 is 1.03. The maximum atomic E-state index is 6.27. The van der Waals surface area contributed by atoms with E-state index in [0.29, 0.717) is 0 Å². The number of aromatic nitrogens is 2. The molecule has 0 saturated heterocycles. The van der Waals surface area contributed by atoms with E-state index in [0.717, 1.165) is 40.0 Å². The minimum atomic E-state index is 0.0410. The van der Waals surface area contributed by atoms with Crippen LogP contribution in [0.25, 0.3) is 11.4 Å². The molecule has 0 amide bonds. The van der Waals surface area contributed by atoms with E-state index >= 15 is 0 Å². The van der Waals surface area contributed by atoms with Crippen molar-refractivity contribution in [2.24, 2.45) is 11.1 Å². The maximum Gasteiger partial charge on any atom is 0.160 e. The molecule has 1 aliphatic carbocycles. The van der Waals surface area contributed by atoms with Crippen LogP contribution < -0.4 is 5.73 Å². The third kappa shape index (κ3) is 2.87. The van der Waals surface area contributed by atoms with Gasteiger partial charge < -0.3 is 5.73 Å². The van der Waals surface area contributed by atoms with E-state index in [1.165, 1.54) is 5.56 Å². The summed E-state index contributed by atoms with van der Waals surface area (Å²) in [6.07, 6.45) is 3.84. The molecule has 0 bridgehead atoms. The van der Waals surface area contributed by atoms with Crippen molar-refractivity contribution in [3.8, 4) is 11.4 Å². The van der Waals surface area contributed by atoms with Crippen LogP contribution >= 0.6 is 15.9 Å². The Balaban J connectivity index is 2.07. The predicted octanol–water partition coefficient (Wildman–Crippen LogP) is 4.19. The molecule has 2 N–H and O–H groups in total. The minimum Gasteiger partial charge on any atom is -0.324 e. The van der Waals surface area contributed by atoms with E-state index in [1.54, 1.807) is 0 Å². The molecule has 0 radical (unpaired) electrons. The molecule has 1 aliphatic rings. The summed E-state index contributed by atoms with van der Waals surface area (Å²) in [6.45, 7) is 6.57. The number of benzene rings is 1. The fourth-order valence-electron chi connectivity index (χ4n) is 3.04. The van der Waals surface area contributed by atoms with Crippen LogP contribution in [-0.4, -0.2) is 9.97 Å². The lowest BCUT2D eigenvalue weighted by Gasteiger charge is -2.34. The van der Waals surface area contributed by atoms with Gasteiger partial charge in [-0.05, 0) is 42.9 Å². The first-order valence-electron chi connectivity index (χ1n) is 7.24. The van der Waals surface area contributed by atoms with Crippen LogP contribution in [0.2, 0.25) is 0 Å². The van der Waals surface area contributed by atoms with E-state index in [-0.39, 0.29) is 11.5 Å². The molecule has 0 aliphatic heterocycles. The van der Waals surface area contributed by atoms with Gasteiger partial charge >= 0.3 is 0 Å². The van der Waals surface area contributed by atoms with E-state index in [9.17, 15) is 0 Å². The average molecular weight is 346 g/mol. The van der Waals surface area contributed by atoms with Gasteiger partial charge in [-0.2, -0.15) is 0 Å². The summed E-state index contributed by atoms with van der Waals surface area (Å²) >= 11 is 3.61. The monoisotopic (exact) mass is 345 g/mol. The topological polar surface area (TPSA) is 51.8 Å². The molecule has 21 heavy (non-hydrogen) atoms. The van der Waals surface area contributed by atoms with Crippen LogP contribution in [-0.2, 0) is 6.42 Å². The van der Waals surface area contributed by atoms with Crippen molar-refractivity contribution in [1.82, 2.24) is 9.97 Å². The number of nitrogens with zero attached hydrogens (tertiary/aromatic N) is 2. The molecule has 2 aromatic rings. The zero-order valence-corrected chi connectivity index (χ0v) is 14.2. The molecule has 3 nitrogen and oxygen atoms in total. The maximum absolute atomic E-state index is 6.27. The van der Waals surface area contributed by atoms with Crippen molar-refractivity contribution in [2.45, 2.75) is 39.7 Å². The highest BCUT2D eigenvalue weighted by Gasteiger charge is 2.31. The van der Waals surface area contributed by atoms with E-state index in [4.69, 9.17) is 10.7 Å². The van der Waals surface area contributed by atoms with Gasteiger partial charge in [0.1, 0.15) is 0 Å². The summed E-state index contributed by atoms with van der Waals surface area (Å²) in [5, 5.41) is 0. The number of halogens is 1. The van der Waals surface area contributed by atoms with E-state index in [2.05, 4.69) is 59.9 Å². The smallest absolute Gasteiger partial charge is 0.160 e. The van der Waals surface area contributed by atoms with Gasteiger partial charge in [-0.1, -0.05) is 35.8 Å². The number of rotatable bonds is 1. The van der Waals surface area contributed by atoms with Crippen LogP contribution in [0.4, 0.5) is 0 Å². The second-order valence-corrected chi connectivity index (χ2v) is 7.58. The first-order valence-corrected chi connectivity index (χ1v) is 8.03. The van der Waals surface area contributed by atoms with Gasteiger partial charge in [0, 0.05) is 33.5 Å². The lowest BCUT2D eigenvalue weighted by atomic mass is 9.74. The SMILES string of the molecule is Cc1ccc(-c2ncc3c(n2)CC(C)(C)CC3N)c(Br)c1. The Bertz CT molecular complexity index is 694. The molecule has 110 valence electrons. The number of nitrogens with two attached hydrogens (primary N) is 1. The highest BCUT2D eigenvalue weighted by Crippen LogP contribution is 2.39. The van der Waals surface area contributed by atoms with Gasteiger partial charge in [0.15, 0.2) is 5.82 Å². The Morgan fingerprint density at radius 3 is 2.81 bits per heavy atom. The standard InChI is InChI=1S/C17H20BrN3/c1-10-4-5-11(13(18)6-10)16-20-9-12-14(19)7-17(2,3)8-15(12)21-16/h4-6,9,14H,7-8,19H2,1-3H3. The first-order chi connectivity index (χ1) is 9.85. The Labute approximate surface area is 134 Å². The largest absolute Gasteiger partial charge is 0.324 e. The van der Waals surface area contributed by atoms with Crippen LogP contribution in [0.3, 0.4) is 0 Å². The molecule has 0 spiro atoms. The summed E-state index contributed by atoms with van der Waals surface area (Å²) in [6, 6.07) is 6.28. The van der Waals surface area contributed by atoms with Crippen molar-refractivity contribution >= 4 is 15.9 Å². The van der Waals surface area contributed by atoms with Gasteiger partial charge in [-0.15, -0.1) is 0 Å². The molecule has 0 saturated carbocycles. The lowest BCUT2D eigenvalue weighted by Crippen LogP contribution is -2.30. The zero-order chi connectivity index (χ0) is 15.2. The fraction of sp³-hybridized carbons (Fsp3) is 0.412. The lowest BCUT2D eigenvalue weighted by molar-refractivity contribution is 0.278. The molecule has 1 aromatic carbocycles. The van der Waals surface area contributed by atoms with Gasteiger partial charge in [0.05, 0.1) is 0 Å². The second-order valence-electron chi connectivity index (χ2n) is 6.73. The van der Waals surface area contributed by atoms with Gasteiger partial charge in [-0.25, -0.2) is 9.97 Å². The third-order valence-electron chi connectivity index (χ3n) is 4.08. The van der Waals surface area contributed by atoms with Crippen molar-refractivity contribution in [1.29, 1.82) is 0 Å². The first kappa shape index (κ1) is 14.7. The van der Waals surface area contributed by atoms with Crippen LogP contribution in [0.5, 0.6) is 0 Å². The number of hydrogen-bond acceptors (Lipinski definition) is 3. The number of fused-ring (bicyclic) bond motifs is 1. The molecular weight excluding hydrogens is 326 g/mol. The average Bonchev–Trinajstić information content (AvgIpc) is 2.36. The van der Waals surface area contributed by atoms with E-state index in [1.807, 2.05) is 6.20 Å². The highest BCUT2D eigenvalue weighted by molar-refractivity contribution is 9.10. The molecule has 4 heteroatoms. The second kappa shape index (κ2) is 5.18. The highest BCUT2D eigenvalue weighted by atomic mass is 79.9. The number of hydrogen-bond donors (Lipinski definition) is 1. The van der Waals surface area contributed by atoms with Gasteiger partial charge in [-0.3, -0.25) is 0 Å². The summed E-state index contributed by atoms with van der Waals surface area (Å²) in [4.78, 5) is 9.33. The van der Waals surface area contributed by atoms with Crippen molar-refractivity contribution < 1.29 is 0 Å². The fourth-order valence-corrected chi connectivity index (χ4v) is 3.71. The Morgan fingerprint density at radius 2 is 2.10 bits per heavy atom. The van der Waals surface area contributed by atoms with Crippen molar-refractivity contribution in [3.05, 3.63) is 45.7 Å². The van der Waals surface area contributed by atoms with Crippen LogP contribution in [0.15, 0.2) is 28.9 Å². The van der Waals surface area contributed by atoms with Crippen molar-refractivity contribution in [3.63, 3.8) is 0 Å². The minimum absolute atomic E-state index is 0.0410. The Hall–Kier alpha value is -1.26. The molecule has 1 atom stereocenters. The number of aryl methyl sites for hydroxylation is 1. The molecule has 1 heterocycles. The van der Waals surface area contributed by atoms with Gasteiger partial charge in [0.25, 0.3) is 0 Å². The van der Waals surface area contributed by atoms with E-state index < -0.39 is 0 Å². The molecule has 0 fully saturated rings. The Kier molecular flexibility index (Phi) is 3.62. The normalized spacial score (nSPS) is 20.1. The summed E-state index contributed by atoms with van der Waals surface area (Å²) in [5.74, 6) is 0.769. The van der Waals surface area contributed by atoms with Crippen LogP contribution in [0.1, 0.15) is 43.1 Å².